The molecule has 0 spiro atoms. The summed E-state index contributed by atoms with van der Waals surface area (Å²) in [5.74, 6) is 2.86. The largest absolute Gasteiger partial charge is 0.494 e. The van der Waals surface area contributed by atoms with E-state index in [1.165, 1.54) is 17.5 Å². The smallest absolute Gasteiger partial charge is 0.231 e. The van der Waals surface area contributed by atoms with Crippen molar-refractivity contribution in [1.82, 2.24) is 15.0 Å². The Morgan fingerprint density at radius 2 is 2.12 bits per heavy atom. The molecular weight excluding hydrogens is 302 g/mol. The van der Waals surface area contributed by atoms with Gasteiger partial charge in [-0.25, -0.2) is 0 Å². The number of ether oxygens (including phenoxy) is 1. The number of aryl methyl sites for hydroxylation is 3. The summed E-state index contributed by atoms with van der Waals surface area (Å²) in [5, 5.41) is 3.91. The van der Waals surface area contributed by atoms with Gasteiger partial charge in [-0.15, -0.1) is 0 Å². The highest BCUT2D eigenvalue weighted by Crippen LogP contribution is 2.25. The van der Waals surface area contributed by atoms with Gasteiger partial charge < -0.3 is 14.2 Å². The Kier molecular flexibility index (Phi) is 5.51. The van der Waals surface area contributed by atoms with Crippen LogP contribution in [0.2, 0.25) is 0 Å². The van der Waals surface area contributed by atoms with Gasteiger partial charge >= 0.3 is 0 Å². The van der Waals surface area contributed by atoms with Gasteiger partial charge in [0.15, 0.2) is 5.82 Å². The van der Waals surface area contributed by atoms with E-state index >= 15 is 0 Å². The number of piperidine rings is 1. The Labute approximate surface area is 144 Å². The highest BCUT2D eigenvalue weighted by atomic mass is 16.5. The van der Waals surface area contributed by atoms with Crippen molar-refractivity contribution in [3.63, 3.8) is 0 Å². The molecule has 2 aromatic rings. The molecule has 0 amide bonds. The second kappa shape index (κ2) is 7.79. The summed E-state index contributed by atoms with van der Waals surface area (Å²) in [4.78, 5) is 6.87. The van der Waals surface area contributed by atoms with E-state index in [0.717, 1.165) is 56.5 Å². The van der Waals surface area contributed by atoms with Crippen LogP contribution in [0, 0.1) is 20.8 Å². The summed E-state index contributed by atoms with van der Waals surface area (Å²) in [6, 6.07) is 6.29. The zero-order valence-electron chi connectivity index (χ0n) is 14.9. The van der Waals surface area contributed by atoms with Crippen LogP contribution in [0.1, 0.15) is 48.0 Å². The molecule has 0 saturated carbocycles. The molecule has 1 atom stereocenters. The molecule has 130 valence electrons. The first-order chi connectivity index (χ1) is 11.6. The lowest BCUT2D eigenvalue weighted by atomic mass is 9.98. The Morgan fingerprint density at radius 3 is 2.88 bits per heavy atom. The number of rotatable bonds is 6. The van der Waals surface area contributed by atoms with Gasteiger partial charge in [-0.1, -0.05) is 11.2 Å². The van der Waals surface area contributed by atoms with Crippen LogP contribution in [0.3, 0.4) is 0 Å². The van der Waals surface area contributed by atoms with E-state index in [9.17, 15) is 0 Å². The Bertz CT molecular complexity index is 668. The van der Waals surface area contributed by atoms with Crippen LogP contribution < -0.4 is 4.74 Å². The van der Waals surface area contributed by atoms with Gasteiger partial charge in [0.05, 0.1) is 12.5 Å². The topological polar surface area (TPSA) is 51.4 Å². The number of nitrogens with zero attached hydrogens (tertiary/aromatic N) is 3. The van der Waals surface area contributed by atoms with Crippen LogP contribution in [-0.4, -0.2) is 41.3 Å². The number of likely N-dealkylation sites (tertiary alicyclic amines) is 1. The second-order valence-corrected chi connectivity index (χ2v) is 6.77. The maximum atomic E-state index is 5.88. The first kappa shape index (κ1) is 17.0. The molecule has 0 aliphatic carbocycles. The fourth-order valence-corrected chi connectivity index (χ4v) is 3.22. The zero-order valence-corrected chi connectivity index (χ0v) is 14.9. The molecule has 5 nitrogen and oxygen atoms in total. The van der Waals surface area contributed by atoms with Crippen molar-refractivity contribution in [2.75, 3.05) is 26.2 Å². The third kappa shape index (κ3) is 4.35. The SMILES string of the molecule is Cc1noc([C@@H]2CCCN(CCCOc3ccc(C)c(C)c3)C2)n1. The lowest BCUT2D eigenvalue weighted by Gasteiger charge is -2.30. The number of hydrogen-bond donors (Lipinski definition) is 0. The maximum Gasteiger partial charge on any atom is 0.231 e. The van der Waals surface area contributed by atoms with Crippen LogP contribution in [-0.2, 0) is 0 Å². The van der Waals surface area contributed by atoms with E-state index in [0.29, 0.717) is 5.92 Å². The Balaban J connectivity index is 1.42. The van der Waals surface area contributed by atoms with Crippen molar-refractivity contribution in [3.8, 4) is 5.75 Å². The van der Waals surface area contributed by atoms with Gasteiger partial charge in [0.2, 0.25) is 5.89 Å². The molecule has 1 aliphatic rings. The molecule has 0 N–H and O–H groups in total. The molecule has 1 aromatic carbocycles. The van der Waals surface area contributed by atoms with E-state index in [1.54, 1.807) is 0 Å². The minimum atomic E-state index is 0.376. The van der Waals surface area contributed by atoms with Crippen molar-refractivity contribution in [3.05, 3.63) is 41.0 Å². The van der Waals surface area contributed by atoms with Crippen LogP contribution in [0.15, 0.2) is 22.7 Å². The number of hydrogen-bond acceptors (Lipinski definition) is 5. The lowest BCUT2D eigenvalue weighted by molar-refractivity contribution is 0.173. The van der Waals surface area contributed by atoms with Crippen LogP contribution in [0.4, 0.5) is 0 Å². The average molecular weight is 329 g/mol. The van der Waals surface area contributed by atoms with E-state index in [-0.39, 0.29) is 0 Å². The van der Waals surface area contributed by atoms with Crippen molar-refractivity contribution in [2.24, 2.45) is 0 Å². The minimum absolute atomic E-state index is 0.376. The highest BCUT2D eigenvalue weighted by molar-refractivity contribution is 5.33. The second-order valence-electron chi connectivity index (χ2n) is 6.77. The summed E-state index contributed by atoms with van der Waals surface area (Å²) in [6.07, 6.45) is 3.35. The molecule has 1 saturated heterocycles. The minimum Gasteiger partial charge on any atom is -0.494 e. The van der Waals surface area contributed by atoms with Gasteiger partial charge in [-0.2, -0.15) is 4.98 Å². The first-order valence-corrected chi connectivity index (χ1v) is 8.84. The number of aromatic nitrogens is 2. The van der Waals surface area contributed by atoms with E-state index in [4.69, 9.17) is 9.26 Å². The molecular formula is C19H27N3O2. The maximum absolute atomic E-state index is 5.88. The molecule has 3 rings (SSSR count). The summed E-state index contributed by atoms with van der Waals surface area (Å²) in [7, 11) is 0. The van der Waals surface area contributed by atoms with Crippen LogP contribution >= 0.6 is 0 Å². The average Bonchev–Trinajstić information content (AvgIpc) is 3.02. The summed E-state index contributed by atoms with van der Waals surface area (Å²) >= 11 is 0. The Hall–Kier alpha value is -1.88. The molecule has 1 aromatic heterocycles. The fourth-order valence-electron chi connectivity index (χ4n) is 3.22. The normalized spacial score (nSPS) is 18.7. The molecule has 2 heterocycles. The molecule has 24 heavy (non-hydrogen) atoms. The number of benzene rings is 1. The highest BCUT2D eigenvalue weighted by Gasteiger charge is 2.25. The molecule has 0 bridgehead atoms. The van der Waals surface area contributed by atoms with E-state index in [2.05, 4.69) is 47.1 Å². The summed E-state index contributed by atoms with van der Waals surface area (Å²) < 4.78 is 11.2. The summed E-state index contributed by atoms with van der Waals surface area (Å²) in [5.41, 5.74) is 2.58. The fraction of sp³-hybridized carbons (Fsp3) is 0.579. The van der Waals surface area contributed by atoms with Crippen molar-refractivity contribution in [1.29, 1.82) is 0 Å². The lowest BCUT2D eigenvalue weighted by Crippen LogP contribution is -2.35. The molecule has 5 heteroatoms. The van der Waals surface area contributed by atoms with Crippen LogP contribution in [0.5, 0.6) is 5.75 Å². The molecule has 0 unspecified atom stereocenters. The first-order valence-electron chi connectivity index (χ1n) is 8.84. The van der Waals surface area contributed by atoms with Gasteiger partial charge in [0, 0.05) is 13.1 Å². The predicted molar refractivity (Wildman–Crippen MR) is 93.5 cm³/mol. The zero-order chi connectivity index (χ0) is 16.9. The third-order valence-electron chi connectivity index (χ3n) is 4.76. The standard InChI is InChI=1S/C19H27N3O2/c1-14-7-8-18(12-15(14)2)23-11-5-10-22-9-4-6-17(13-22)19-20-16(3)21-24-19/h7-8,12,17H,4-6,9-11,13H2,1-3H3/t17-/m1/s1. The summed E-state index contributed by atoms with van der Waals surface area (Å²) in [6.45, 7) is 10.1. The van der Waals surface area contributed by atoms with E-state index < -0.39 is 0 Å². The van der Waals surface area contributed by atoms with E-state index in [1.807, 2.05) is 6.92 Å². The van der Waals surface area contributed by atoms with Gasteiger partial charge in [-0.05, 0) is 69.8 Å². The molecule has 0 radical (unpaired) electrons. The quantitative estimate of drug-likeness (QED) is 0.757. The van der Waals surface area contributed by atoms with Gasteiger partial charge in [0.1, 0.15) is 5.75 Å². The van der Waals surface area contributed by atoms with Crippen molar-refractivity contribution >= 4 is 0 Å². The molecule has 1 fully saturated rings. The monoisotopic (exact) mass is 329 g/mol. The van der Waals surface area contributed by atoms with Crippen molar-refractivity contribution in [2.45, 2.75) is 46.0 Å². The Morgan fingerprint density at radius 1 is 1.25 bits per heavy atom. The third-order valence-corrected chi connectivity index (χ3v) is 4.76. The van der Waals surface area contributed by atoms with Gasteiger partial charge in [0.25, 0.3) is 0 Å². The van der Waals surface area contributed by atoms with Crippen molar-refractivity contribution < 1.29 is 9.26 Å². The van der Waals surface area contributed by atoms with Gasteiger partial charge in [-0.3, -0.25) is 0 Å². The molecule has 1 aliphatic heterocycles. The van der Waals surface area contributed by atoms with Crippen LogP contribution in [0.25, 0.3) is 0 Å². The predicted octanol–water partition coefficient (Wildman–Crippen LogP) is 3.64.